The molecule has 0 radical (unpaired) electrons. The summed E-state index contributed by atoms with van der Waals surface area (Å²) in [5, 5.41) is 18.0. The quantitative estimate of drug-likeness (QED) is 0.272. The molecule has 0 bridgehead atoms. The first kappa shape index (κ1) is 27.2. The third-order valence-corrected chi connectivity index (χ3v) is 10.2. The van der Waals surface area contributed by atoms with E-state index < -0.39 is 0 Å². The van der Waals surface area contributed by atoms with Gasteiger partial charge >= 0.3 is 13.8 Å². The minimum absolute atomic E-state index is 0.0398. The molecule has 2 atom stereocenters. The van der Waals surface area contributed by atoms with Crippen molar-refractivity contribution in [2.24, 2.45) is 0 Å². The van der Waals surface area contributed by atoms with Crippen LogP contribution < -0.4 is 36.8 Å². The van der Waals surface area contributed by atoms with Gasteiger partial charge in [0.15, 0.2) is 0 Å². The fourth-order valence-corrected chi connectivity index (χ4v) is 7.87. The van der Waals surface area contributed by atoms with Gasteiger partial charge in [0.1, 0.15) is 0 Å². The van der Waals surface area contributed by atoms with E-state index in [0.717, 1.165) is 31.5 Å². The van der Waals surface area contributed by atoms with Gasteiger partial charge in [0.25, 0.3) is 0 Å². The van der Waals surface area contributed by atoms with Gasteiger partial charge in [-0.1, -0.05) is 42.9 Å². The van der Waals surface area contributed by atoms with E-state index in [0.29, 0.717) is 12.1 Å². The van der Waals surface area contributed by atoms with Crippen LogP contribution >= 0.6 is 34.0 Å². The van der Waals surface area contributed by atoms with E-state index in [9.17, 15) is 0 Å². The summed E-state index contributed by atoms with van der Waals surface area (Å²) in [5.74, 6) is 2.17. The molecule has 2 aliphatic rings. The number of thiophene rings is 3. The molecule has 200 valence electrons. The van der Waals surface area contributed by atoms with Crippen LogP contribution in [0.25, 0.3) is 22.7 Å². The van der Waals surface area contributed by atoms with Crippen molar-refractivity contribution in [3.05, 3.63) is 73.7 Å². The van der Waals surface area contributed by atoms with Crippen LogP contribution in [0, 0.1) is 0 Å². The topological polar surface area (TPSA) is 42.5 Å². The Balaban J connectivity index is 1.23. The van der Waals surface area contributed by atoms with Gasteiger partial charge in [-0.25, -0.2) is 0 Å². The van der Waals surface area contributed by atoms with Gasteiger partial charge in [0.2, 0.25) is 0 Å². The van der Waals surface area contributed by atoms with Crippen molar-refractivity contribution in [3.8, 4) is 0 Å². The summed E-state index contributed by atoms with van der Waals surface area (Å²) in [6.07, 6.45) is 9.16. The number of fused-ring (bicyclic) bond motifs is 1. The van der Waals surface area contributed by atoms with Crippen molar-refractivity contribution >= 4 is 87.0 Å². The van der Waals surface area contributed by atoms with E-state index in [2.05, 4.69) is 87.2 Å². The molecule has 0 amide bonds. The van der Waals surface area contributed by atoms with Crippen molar-refractivity contribution < 1.29 is 9.31 Å². The molecule has 2 unspecified atom stereocenters. The molecule has 3 aromatic heterocycles. The molecule has 9 heteroatoms. The summed E-state index contributed by atoms with van der Waals surface area (Å²) >= 11 is 5.23. The SMILES string of the molecule is C=c1/c(=C\C=C\B(OCC2CCCN2)c2ccsc2)sc2ccc(B(OCC3CCCN3)c3ccsc3)cc12. The Morgan fingerprint density at radius 3 is 2.28 bits per heavy atom. The molecule has 2 fully saturated rings. The third-order valence-electron chi connectivity index (χ3n) is 7.67. The van der Waals surface area contributed by atoms with Crippen LogP contribution in [0.3, 0.4) is 0 Å². The zero-order valence-electron chi connectivity index (χ0n) is 22.1. The Hall–Kier alpha value is -1.97. The highest BCUT2D eigenvalue weighted by atomic mass is 32.1. The number of hydrogen-bond acceptors (Lipinski definition) is 7. The number of rotatable bonds is 11. The van der Waals surface area contributed by atoms with E-state index in [1.807, 2.05) is 0 Å². The van der Waals surface area contributed by atoms with Gasteiger partial charge in [0.05, 0.1) is 0 Å². The monoisotopic (exact) mass is 572 g/mol. The fourth-order valence-electron chi connectivity index (χ4n) is 5.47. The Kier molecular flexibility index (Phi) is 9.16. The van der Waals surface area contributed by atoms with E-state index in [1.165, 1.54) is 56.7 Å². The molecule has 1 aromatic carbocycles. The molecule has 4 nitrogen and oxygen atoms in total. The Labute approximate surface area is 243 Å². The van der Waals surface area contributed by atoms with Crippen molar-refractivity contribution in [3.63, 3.8) is 0 Å². The van der Waals surface area contributed by atoms with Crippen molar-refractivity contribution in [2.75, 3.05) is 26.3 Å². The zero-order chi connectivity index (χ0) is 26.4. The van der Waals surface area contributed by atoms with Gasteiger partial charge in [-0.05, 0) is 99.4 Å². The number of hydrogen-bond donors (Lipinski definition) is 2. The first-order chi connectivity index (χ1) is 19.2. The second kappa shape index (κ2) is 13.1. The first-order valence-corrected chi connectivity index (χ1v) is 16.6. The van der Waals surface area contributed by atoms with Gasteiger partial charge in [-0.2, -0.15) is 22.7 Å². The largest absolute Gasteiger partial charge is 0.426 e. The average Bonchev–Trinajstić information content (AvgIpc) is 3.79. The minimum Gasteiger partial charge on any atom is -0.426 e. The van der Waals surface area contributed by atoms with Gasteiger partial charge in [0, 0.05) is 34.5 Å². The highest BCUT2D eigenvalue weighted by Crippen LogP contribution is 2.13. The highest BCUT2D eigenvalue weighted by Gasteiger charge is 2.25. The first-order valence-electron chi connectivity index (χ1n) is 13.9. The lowest BCUT2D eigenvalue weighted by Gasteiger charge is -2.17. The summed E-state index contributed by atoms with van der Waals surface area (Å²) in [4.78, 5) is 0. The molecule has 39 heavy (non-hydrogen) atoms. The maximum absolute atomic E-state index is 6.53. The molecular formula is C30H34B2N2O2S3. The minimum atomic E-state index is -0.0625. The maximum Gasteiger partial charge on any atom is 0.362 e. The number of nitrogens with one attached hydrogen (secondary N) is 2. The summed E-state index contributed by atoms with van der Waals surface area (Å²) in [6.45, 7) is 8.03. The van der Waals surface area contributed by atoms with Crippen LogP contribution in [0.4, 0.5) is 0 Å². The fraction of sp³-hybridized carbons (Fsp3) is 0.333. The lowest BCUT2D eigenvalue weighted by molar-refractivity contribution is 0.288. The van der Waals surface area contributed by atoms with E-state index in [1.54, 1.807) is 34.0 Å². The summed E-state index contributed by atoms with van der Waals surface area (Å²) < 4.78 is 15.3. The third kappa shape index (κ3) is 6.68. The molecule has 0 aliphatic carbocycles. The molecule has 5 heterocycles. The average molecular weight is 572 g/mol. The molecule has 6 rings (SSSR count). The number of allylic oxidation sites excluding steroid dienone is 1. The summed E-state index contributed by atoms with van der Waals surface area (Å²) in [6, 6.07) is 12.0. The zero-order valence-corrected chi connectivity index (χ0v) is 24.6. The Bertz CT molecular complexity index is 1470. The van der Waals surface area contributed by atoms with Crippen LogP contribution in [-0.4, -0.2) is 52.2 Å². The lowest BCUT2D eigenvalue weighted by atomic mass is 9.56. The highest BCUT2D eigenvalue weighted by molar-refractivity contribution is 7.17. The maximum atomic E-state index is 6.53. The molecule has 0 saturated carbocycles. The van der Waals surface area contributed by atoms with Crippen LogP contribution in [0.1, 0.15) is 25.7 Å². The Morgan fingerprint density at radius 1 is 0.897 bits per heavy atom. The molecule has 2 aliphatic heterocycles. The summed E-state index contributed by atoms with van der Waals surface area (Å²) in [5.41, 5.74) is 3.63. The second-order valence-electron chi connectivity index (χ2n) is 10.4. The molecule has 2 N–H and O–H groups in total. The van der Waals surface area contributed by atoms with Gasteiger partial charge < -0.3 is 19.9 Å². The smallest absolute Gasteiger partial charge is 0.362 e. The van der Waals surface area contributed by atoms with Gasteiger partial charge in [-0.3, -0.25) is 0 Å². The van der Waals surface area contributed by atoms with E-state index in [4.69, 9.17) is 9.31 Å². The predicted molar refractivity (Wildman–Crippen MR) is 173 cm³/mol. The van der Waals surface area contributed by atoms with E-state index >= 15 is 0 Å². The van der Waals surface area contributed by atoms with Crippen LogP contribution in [0.2, 0.25) is 0 Å². The van der Waals surface area contributed by atoms with Crippen molar-refractivity contribution in [2.45, 2.75) is 37.8 Å². The predicted octanol–water partition coefficient (Wildman–Crippen LogP) is 2.85. The molecule has 0 spiro atoms. The Morgan fingerprint density at radius 2 is 1.62 bits per heavy atom. The normalized spacial score (nSPS) is 20.1. The van der Waals surface area contributed by atoms with Crippen LogP contribution in [0.15, 0.2) is 63.9 Å². The van der Waals surface area contributed by atoms with E-state index in [-0.39, 0.29) is 13.8 Å². The lowest BCUT2D eigenvalue weighted by Crippen LogP contribution is -2.46. The second-order valence-corrected chi connectivity index (χ2v) is 13.1. The molecule has 4 aromatic rings. The van der Waals surface area contributed by atoms with Crippen molar-refractivity contribution in [1.82, 2.24) is 10.6 Å². The summed E-state index contributed by atoms with van der Waals surface area (Å²) in [7, 11) is 0. The standard InChI is InChI=1S/C30H34B2N2O2S3/c1-22-28-17-23(32(25-11-16-38-21-25)36-19-27-6-4-14-34-27)8-9-30(28)39-29(22)7-2-12-31(24-10-15-37-20-24)35-18-26-5-3-13-33-26/h2,7-12,15-17,20-21,26-27,33-34H,1,3-6,13-14,18-19H2/b12-2+,29-7+. The van der Waals surface area contributed by atoms with Crippen molar-refractivity contribution in [1.29, 1.82) is 0 Å². The molecule has 2 saturated heterocycles. The number of benzene rings is 1. The van der Waals surface area contributed by atoms with Gasteiger partial charge in [-0.15, -0.1) is 11.3 Å². The molecular weight excluding hydrogens is 538 g/mol. The van der Waals surface area contributed by atoms with Crippen LogP contribution in [0.5, 0.6) is 0 Å². The van der Waals surface area contributed by atoms with Crippen LogP contribution in [-0.2, 0) is 9.31 Å².